The summed E-state index contributed by atoms with van der Waals surface area (Å²) < 4.78 is 3.14. The second kappa shape index (κ2) is 10.8. The molecule has 2 aliphatic heterocycles. The molecule has 4 aromatic rings. The quantitative estimate of drug-likeness (QED) is 0.252. The zero-order valence-electron chi connectivity index (χ0n) is 21.0. The maximum absolute atomic E-state index is 13.9. The van der Waals surface area contributed by atoms with E-state index in [9.17, 15) is 19.2 Å². The normalized spacial score (nSPS) is 19.9. The van der Waals surface area contributed by atoms with E-state index in [0.29, 0.717) is 21.3 Å². The Morgan fingerprint density at radius 1 is 0.925 bits per heavy atom. The molecule has 3 atom stereocenters. The van der Waals surface area contributed by atoms with Crippen molar-refractivity contribution < 1.29 is 14.4 Å². The summed E-state index contributed by atoms with van der Waals surface area (Å²) in [5.74, 6) is -2.17. The predicted molar refractivity (Wildman–Crippen MR) is 164 cm³/mol. The van der Waals surface area contributed by atoms with Gasteiger partial charge in [0.05, 0.1) is 16.6 Å². The zero-order valence-corrected chi connectivity index (χ0v) is 25.8. The Morgan fingerprint density at radius 2 is 1.60 bits per heavy atom. The molecule has 11 heteroatoms. The lowest BCUT2D eigenvalue weighted by atomic mass is 9.83. The standard InChI is InChI=1S/C29H21Br2N3O4S2/c1-15-3-2-4-19(13-15)32-21(35)14-33-28-25(40-29(33)38)22(16-5-7-17(30)8-6-16)23-24(39-28)27(37)34(26(23)36)20-11-9-18(31)10-12-20/h2-13,22-24H,14H2,1H3,(H,32,35). The van der Waals surface area contributed by atoms with Crippen LogP contribution in [0.15, 0.2) is 91.6 Å². The van der Waals surface area contributed by atoms with E-state index in [1.54, 1.807) is 30.3 Å². The van der Waals surface area contributed by atoms with Crippen molar-refractivity contribution in [2.45, 2.75) is 29.7 Å². The molecule has 0 spiro atoms. The molecule has 3 aromatic carbocycles. The van der Waals surface area contributed by atoms with Gasteiger partial charge in [0.15, 0.2) is 0 Å². The smallest absolute Gasteiger partial charge is 0.308 e. The highest BCUT2D eigenvalue weighted by Gasteiger charge is 2.56. The fourth-order valence-electron chi connectivity index (χ4n) is 5.20. The Balaban J connectivity index is 1.41. The van der Waals surface area contributed by atoms with Crippen molar-refractivity contribution in [2.75, 3.05) is 10.2 Å². The molecular formula is C29H21Br2N3O4S2. The first-order valence-corrected chi connectivity index (χ1v) is 15.6. The summed E-state index contributed by atoms with van der Waals surface area (Å²) in [6, 6.07) is 22.1. The van der Waals surface area contributed by atoms with Crippen LogP contribution in [0.5, 0.6) is 0 Å². The second-order valence-corrected chi connectivity index (χ2v) is 13.6. The van der Waals surface area contributed by atoms with Gasteiger partial charge in [0, 0.05) is 25.4 Å². The van der Waals surface area contributed by atoms with Crippen molar-refractivity contribution in [2.24, 2.45) is 5.92 Å². The maximum atomic E-state index is 13.9. The zero-order chi connectivity index (χ0) is 28.1. The minimum Gasteiger partial charge on any atom is -0.325 e. The SMILES string of the molecule is Cc1cccc(NC(=O)Cn2c3c(sc2=O)C(c2ccc(Br)cc2)C2C(=O)N(c4ccc(Br)cc4)C(=O)C2S3)c1. The fraction of sp³-hybridized carbons (Fsp3) is 0.172. The van der Waals surface area contributed by atoms with Crippen molar-refractivity contribution in [3.8, 4) is 0 Å². The van der Waals surface area contributed by atoms with Crippen molar-refractivity contribution in [3.63, 3.8) is 0 Å². The van der Waals surface area contributed by atoms with Crippen LogP contribution < -0.4 is 15.1 Å². The molecule has 1 aromatic heterocycles. The monoisotopic (exact) mass is 697 g/mol. The van der Waals surface area contributed by atoms with Gasteiger partial charge in [0.2, 0.25) is 17.7 Å². The fourth-order valence-corrected chi connectivity index (χ4v) is 8.50. The van der Waals surface area contributed by atoms with Crippen LogP contribution in [-0.4, -0.2) is 27.5 Å². The highest BCUT2D eigenvalue weighted by molar-refractivity contribution is 9.10. The molecule has 40 heavy (non-hydrogen) atoms. The summed E-state index contributed by atoms with van der Waals surface area (Å²) in [5.41, 5.74) is 2.98. The molecule has 202 valence electrons. The molecule has 1 N–H and O–H groups in total. The molecule has 3 unspecified atom stereocenters. The van der Waals surface area contributed by atoms with Crippen molar-refractivity contribution in [3.05, 3.63) is 107 Å². The first-order chi connectivity index (χ1) is 19.2. The molecule has 0 saturated carbocycles. The lowest BCUT2D eigenvalue weighted by molar-refractivity contribution is -0.122. The number of nitrogens with zero attached hydrogens (tertiary/aromatic N) is 2. The van der Waals surface area contributed by atoms with E-state index < -0.39 is 17.1 Å². The molecule has 6 rings (SSSR count). The largest absolute Gasteiger partial charge is 0.325 e. The number of carbonyl (C=O) groups excluding carboxylic acids is 3. The first kappa shape index (κ1) is 27.2. The Morgan fingerprint density at radius 3 is 2.27 bits per heavy atom. The number of rotatable bonds is 5. The lowest BCUT2D eigenvalue weighted by Crippen LogP contribution is -2.33. The molecule has 3 amide bonds. The molecule has 0 bridgehead atoms. The summed E-state index contributed by atoms with van der Waals surface area (Å²) in [5, 5.41) is 2.68. The molecule has 1 fully saturated rings. The van der Waals surface area contributed by atoms with Crippen LogP contribution in [-0.2, 0) is 20.9 Å². The molecule has 3 heterocycles. The van der Waals surface area contributed by atoms with E-state index in [1.165, 1.54) is 21.2 Å². The summed E-state index contributed by atoms with van der Waals surface area (Å²) >= 11 is 9.11. The van der Waals surface area contributed by atoms with Crippen molar-refractivity contribution >= 4 is 84.1 Å². The third-order valence-corrected chi connectivity index (χ3v) is 10.6. The summed E-state index contributed by atoms with van der Waals surface area (Å²) in [4.78, 5) is 55.6. The number of halogens is 2. The van der Waals surface area contributed by atoms with Crippen LogP contribution in [0.25, 0.3) is 0 Å². The summed E-state index contributed by atoms with van der Waals surface area (Å²) in [6.07, 6.45) is 0. The second-order valence-electron chi connectivity index (χ2n) is 9.62. The molecule has 1 saturated heterocycles. The average molecular weight is 699 g/mol. The number of hydrogen-bond donors (Lipinski definition) is 1. The third kappa shape index (κ3) is 4.89. The van der Waals surface area contributed by atoms with Crippen LogP contribution in [0.1, 0.15) is 21.9 Å². The number of thiazole rings is 1. The Bertz CT molecular complexity index is 1720. The van der Waals surface area contributed by atoms with E-state index >= 15 is 0 Å². The van der Waals surface area contributed by atoms with E-state index in [1.807, 2.05) is 49.4 Å². The van der Waals surface area contributed by atoms with Gasteiger partial charge in [-0.25, -0.2) is 4.90 Å². The lowest BCUT2D eigenvalue weighted by Gasteiger charge is -2.30. The van der Waals surface area contributed by atoms with E-state index in [2.05, 4.69) is 37.2 Å². The summed E-state index contributed by atoms with van der Waals surface area (Å²) in [7, 11) is 0. The Labute approximate surface area is 254 Å². The summed E-state index contributed by atoms with van der Waals surface area (Å²) in [6.45, 7) is 1.73. The van der Waals surface area contributed by atoms with E-state index in [4.69, 9.17) is 0 Å². The van der Waals surface area contributed by atoms with Gasteiger partial charge >= 0.3 is 4.87 Å². The minimum atomic E-state index is -0.739. The van der Waals surface area contributed by atoms with Gasteiger partial charge in [0.1, 0.15) is 11.8 Å². The topological polar surface area (TPSA) is 88.5 Å². The number of hydrogen-bond acceptors (Lipinski definition) is 6. The van der Waals surface area contributed by atoms with Crippen LogP contribution in [0.2, 0.25) is 0 Å². The molecule has 0 radical (unpaired) electrons. The van der Waals surface area contributed by atoms with Gasteiger partial charge in [0.25, 0.3) is 0 Å². The number of aromatic nitrogens is 1. The van der Waals surface area contributed by atoms with Crippen molar-refractivity contribution in [1.29, 1.82) is 0 Å². The number of aryl methyl sites for hydroxylation is 1. The van der Waals surface area contributed by atoms with Gasteiger partial charge in [-0.1, -0.05) is 79.2 Å². The van der Waals surface area contributed by atoms with Crippen LogP contribution in [0, 0.1) is 12.8 Å². The molecule has 7 nitrogen and oxygen atoms in total. The number of anilines is 2. The number of fused-ring (bicyclic) bond motifs is 2. The number of carbonyl (C=O) groups is 3. The Kier molecular flexibility index (Phi) is 7.32. The number of imide groups is 1. The van der Waals surface area contributed by atoms with Crippen LogP contribution >= 0.6 is 55.0 Å². The van der Waals surface area contributed by atoms with Gasteiger partial charge < -0.3 is 5.32 Å². The first-order valence-electron chi connectivity index (χ1n) is 12.4. The van der Waals surface area contributed by atoms with E-state index in [-0.39, 0.29) is 29.1 Å². The van der Waals surface area contributed by atoms with Gasteiger partial charge in [-0.15, -0.1) is 0 Å². The molecular weight excluding hydrogens is 678 g/mol. The maximum Gasteiger partial charge on any atom is 0.308 e. The number of nitrogens with one attached hydrogen (secondary N) is 1. The van der Waals surface area contributed by atoms with E-state index in [0.717, 1.165) is 31.4 Å². The Hall–Kier alpha value is -2.99. The highest BCUT2D eigenvalue weighted by Crippen LogP contribution is 2.54. The number of benzene rings is 3. The van der Waals surface area contributed by atoms with Crippen LogP contribution in [0.3, 0.4) is 0 Å². The highest BCUT2D eigenvalue weighted by atomic mass is 79.9. The average Bonchev–Trinajstić information content (AvgIpc) is 3.36. The molecule has 0 aliphatic carbocycles. The predicted octanol–water partition coefficient (Wildman–Crippen LogP) is 6.18. The van der Waals surface area contributed by atoms with Crippen LogP contribution in [0.4, 0.5) is 11.4 Å². The van der Waals surface area contributed by atoms with Gasteiger partial charge in [-0.3, -0.25) is 23.7 Å². The number of amides is 3. The van der Waals surface area contributed by atoms with Crippen molar-refractivity contribution in [1.82, 2.24) is 4.57 Å². The molecule has 2 aliphatic rings. The van der Waals surface area contributed by atoms with Gasteiger partial charge in [-0.2, -0.15) is 0 Å². The van der Waals surface area contributed by atoms with Gasteiger partial charge in [-0.05, 0) is 66.6 Å². The third-order valence-electron chi connectivity index (χ3n) is 6.97. The minimum absolute atomic E-state index is 0.200. The number of thioether (sulfide) groups is 1.